The van der Waals surface area contributed by atoms with E-state index in [0.717, 1.165) is 66.3 Å². The minimum absolute atomic E-state index is 0.0498. The molecule has 5 rings (SSSR count). The summed E-state index contributed by atoms with van der Waals surface area (Å²) in [6.45, 7) is 15.0. The van der Waals surface area contributed by atoms with Crippen molar-refractivity contribution in [1.29, 1.82) is 0 Å². The molecule has 0 heterocycles. The molecule has 0 aliphatic heterocycles. The predicted octanol–water partition coefficient (Wildman–Crippen LogP) is 9.61. The number of hydrogen-bond acceptors (Lipinski definition) is 4. The highest BCUT2D eigenvalue weighted by Crippen LogP contribution is 2.67. The molecule has 4 heteroatoms. The average Bonchev–Trinajstić information content (AvgIpc) is 3.32. The number of aromatic hydroxyl groups is 1. The molecule has 0 radical (unpaired) electrons. The van der Waals surface area contributed by atoms with E-state index in [4.69, 9.17) is 9.47 Å². The first kappa shape index (κ1) is 31.2. The van der Waals surface area contributed by atoms with E-state index in [-0.39, 0.29) is 23.2 Å². The molecule has 4 aliphatic carbocycles. The van der Waals surface area contributed by atoms with Crippen LogP contribution >= 0.6 is 0 Å². The molecule has 3 saturated carbocycles. The molecule has 1 N–H and O–H groups in total. The van der Waals surface area contributed by atoms with E-state index in [0.29, 0.717) is 11.2 Å². The van der Waals surface area contributed by atoms with Crippen LogP contribution in [0.25, 0.3) is 6.08 Å². The topological polar surface area (TPSA) is 55.8 Å². The van der Waals surface area contributed by atoms with Crippen molar-refractivity contribution in [3.8, 4) is 11.5 Å². The fourth-order valence-electron chi connectivity index (χ4n) is 9.93. The number of phenols is 1. The second kappa shape index (κ2) is 12.4. The number of carbonyl (C=O) groups excluding carboxylic acids is 1. The van der Waals surface area contributed by atoms with Gasteiger partial charge in [0.2, 0.25) is 0 Å². The van der Waals surface area contributed by atoms with Gasteiger partial charge in [-0.25, -0.2) is 4.79 Å². The van der Waals surface area contributed by atoms with E-state index >= 15 is 0 Å². The summed E-state index contributed by atoms with van der Waals surface area (Å²) in [6.07, 6.45) is 18.3. The molecule has 9 atom stereocenters. The van der Waals surface area contributed by atoms with Gasteiger partial charge in [-0.3, -0.25) is 0 Å². The molecule has 0 aromatic heterocycles. The fraction of sp³-hybridized carbons (Fsp3) is 0.711. The summed E-state index contributed by atoms with van der Waals surface area (Å²) in [5.41, 5.74) is 3.09. The normalized spacial score (nSPS) is 35.6. The highest BCUT2D eigenvalue weighted by molar-refractivity contribution is 5.87. The van der Waals surface area contributed by atoms with E-state index in [1.807, 2.05) is 0 Å². The van der Waals surface area contributed by atoms with Crippen LogP contribution in [0.4, 0.5) is 0 Å². The van der Waals surface area contributed by atoms with Gasteiger partial charge in [-0.1, -0.05) is 72.1 Å². The van der Waals surface area contributed by atoms with Gasteiger partial charge in [0.15, 0.2) is 11.5 Å². The molecule has 0 saturated heterocycles. The Balaban J connectivity index is 1.21. The molecule has 1 aromatic rings. The maximum atomic E-state index is 12.7. The molecule has 42 heavy (non-hydrogen) atoms. The van der Waals surface area contributed by atoms with Gasteiger partial charge in [0.05, 0.1) is 7.11 Å². The molecular weight excluding hydrogens is 520 g/mol. The molecule has 9 unspecified atom stereocenters. The number of ether oxygens (including phenoxy) is 2. The highest BCUT2D eigenvalue weighted by atomic mass is 16.5. The Kier molecular flexibility index (Phi) is 9.22. The summed E-state index contributed by atoms with van der Waals surface area (Å²) >= 11 is 0. The summed E-state index contributed by atoms with van der Waals surface area (Å²) < 4.78 is 11.1. The monoisotopic (exact) mass is 576 g/mol. The van der Waals surface area contributed by atoms with Crippen molar-refractivity contribution in [2.45, 2.75) is 112 Å². The molecule has 3 fully saturated rings. The van der Waals surface area contributed by atoms with Gasteiger partial charge >= 0.3 is 5.97 Å². The maximum absolute atomic E-state index is 12.7. The zero-order chi connectivity index (χ0) is 30.2. The molecule has 232 valence electrons. The van der Waals surface area contributed by atoms with Crippen molar-refractivity contribution in [3.05, 3.63) is 41.5 Å². The summed E-state index contributed by atoms with van der Waals surface area (Å²) in [6, 6.07) is 5.04. The minimum atomic E-state index is -0.299. The van der Waals surface area contributed by atoms with Crippen molar-refractivity contribution in [1.82, 2.24) is 0 Å². The SMILES string of the molecule is COc1cc(/C=C/C(=O)OC2CCC3(C)C(=CCC4C3CCC3(C)C(C(C)CCC(C)C(C)C)CCC43)C2)ccc1O. The first-order valence-electron chi connectivity index (χ1n) is 16.9. The number of esters is 1. The molecule has 0 spiro atoms. The number of rotatable bonds is 9. The van der Waals surface area contributed by atoms with Gasteiger partial charge in [-0.2, -0.15) is 0 Å². The van der Waals surface area contributed by atoms with Gasteiger partial charge in [-0.05, 0) is 121 Å². The lowest BCUT2D eigenvalue weighted by atomic mass is 9.47. The molecule has 4 nitrogen and oxygen atoms in total. The molecule has 0 amide bonds. The number of hydrogen-bond donors (Lipinski definition) is 1. The second-order valence-corrected chi connectivity index (χ2v) is 15.3. The highest BCUT2D eigenvalue weighted by Gasteiger charge is 2.59. The van der Waals surface area contributed by atoms with Crippen LogP contribution in [0.1, 0.15) is 111 Å². The van der Waals surface area contributed by atoms with Crippen LogP contribution in [0.2, 0.25) is 0 Å². The van der Waals surface area contributed by atoms with Gasteiger partial charge < -0.3 is 14.6 Å². The summed E-state index contributed by atoms with van der Waals surface area (Å²) in [5.74, 6) is 5.94. The maximum Gasteiger partial charge on any atom is 0.331 e. The number of benzene rings is 1. The van der Waals surface area contributed by atoms with Crippen molar-refractivity contribution in [2.75, 3.05) is 7.11 Å². The van der Waals surface area contributed by atoms with Crippen molar-refractivity contribution in [2.24, 2.45) is 52.3 Å². The van der Waals surface area contributed by atoms with Crippen molar-refractivity contribution in [3.63, 3.8) is 0 Å². The third-order valence-corrected chi connectivity index (χ3v) is 12.9. The third-order valence-electron chi connectivity index (χ3n) is 12.9. The first-order valence-corrected chi connectivity index (χ1v) is 16.9. The van der Waals surface area contributed by atoms with E-state index in [9.17, 15) is 9.90 Å². The summed E-state index contributed by atoms with van der Waals surface area (Å²) in [7, 11) is 1.52. The van der Waals surface area contributed by atoms with Crippen molar-refractivity contribution >= 4 is 12.0 Å². The fourth-order valence-corrected chi connectivity index (χ4v) is 9.93. The summed E-state index contributed by atoms with van der Waals surface area (Å²) in [4.78, 5) is 12.7. The second-order valence-electron chi connectivity index (χ2n) is 15.3. The smallest absolute Gasteiger partial charge is 0.331 e. The Bertz CT molecular complexity index is 1180. The van der Waals surface area contributed by atoms with Crippen LogP contribution in [0.5, 0.6) is 11.5 Å². The number of methoxy groups -OCH3 is 1. The standard InChI is InChI=1S/C38H56O4/c1-24(2)25(3)8-9-26(4)31-14-15-32-30-13-12-28-23-29(18-20-37(28,5)33(30)19-21-38(31,32)6)42-36(40)17-11-27-10-16-34(39)35(22-27)41-7/h10-12,16-17,22,24-26,29-33,39H,8-9,13-15,18-21,23H2,1-7H3/b17-11+. The zero-order valence-corrected chi connectivity index (χ0v) is 27.3. The van der Waals surface area contributed by atoms with E-state index in [1.165, 1.54) is 58.1 Å². The number of phenolic OH excluding ortho intramolecular Hbond substituents is 1. The van der Waals surface area contributed by atoms with E-state index in [2.05, 4.69) is 47.6 Å². The number of fused-ring (bicyclic) bond motifs is 5. The Labute approximate surface area is 255 Å². The van der Waals surface area contributed by atoms with Gasteiger partial charge in [-0.15, -0.1) is 0 Å². The molecule has 4 aliphatic rings. The summed E-state index contributed by atoms with van der Waals surface area (Å²) in [5, 5.41) is 9.81. The van der Waals surface area contributed by atoms with Crippen molar-refractivity contribution < 1.29 is 19.4 Å². The lowest BCUT2D eigenvalue weighted by Gasteiger charge is -2.58. The van der Waals surface area contributed by atoms with Gasteiger partial charge in [0.25, 0.3) is 0 Å². The van der Waals surface area contributed by atoms with Gasteiger partial charge in [0, 0.05) is 12.5 Å². The molecule has 0 bridgehead atoms. The van der Waals surface area contributed by atoms with Crippen LogP contribution in [-0.4, -0.2) is 24.3 Å². The Hall–Kier alpha value is -2.23. The van der Waals surface area contributed by atoms with Crippen LogP contribution in [0.15, 0.2) is 35.9 Å². The quantitative estimate of drug-likeness (QED) is 0.181. The minimum Gasteiger partial charge on any atom is -0.504 e. The van der Waals surface area contributed by atoms with Crippen LogP contribution in [-0.2, 0) is 9.53 Å². The largest absolute Gasteiger partial charge is 0.504 e. The average molecular weight is 577 g/mol. The lowest BCUT2D eigenvalue weighted by Crippen LogP contribution is -2.51. The predicted molar refractivity (Wildman–Crippen MR) is 171 cm³/mol. The Morgan fingerprint density at radius 3 is 2.57 bits per heavy atom. The van der Waals surface area contributed by atoms with Crippen LogP contribution in [0, 0.1) is 52.3 Å². The van der Waals surface area contributed by atoms with Gasteiger partial charge in [0.1, 0.15) is 6.10 Å². The van der Waals surface area contributed by atoms with Crippen LogP contribution < -0.4 is 4.74 Å². The number of carbonyl (C=O) groups is 1. The van der Waals surface area contributed by atoms with E-state index in [1.54, 1.807) is 29.8 Å². The Morgan fingerprint density at radius 2 is 1.83 bits per heavy atom. The Morgan fingerprint density at radius 1 is 1.05 bits per heavy atom. The number of allylic oxidation sites excluding steroid dienone is 1. The lowest BCUT2D eigenvalue weighted by molar-refractivity contribution is -0.145. The van der Waals surface area contributed by atoms with Crippen LogP contribution in [0.3, 0.4) is 0 Å². The molecular formula is C38H56O4. The third kappa shape index (κ3) is 5.93. The molecule has 1 aromatic carbocycles. The first-order chi connectivity index (χ1) is 20.0. The zero-order valence-electron chi connectivity index (χ0n) is 27.3. The van der Waals surface area contributed by atoms with E-state index < -0.39 is 0 Å².